The molecular weight excluding hydrogens is 306 g/mol. The van der Waals surface area contributed by atoms with Crippen LogP contribution in [0.15, 0.2) is 17.3 Å². The van der Waals surface area contributed by atoms with E-state index < -0.39 is 16.1 Å². The molecule has 0 spiro atoms. The second-order valence-corrected chi connectivity index (χ2v) is 7.74. The Balaban J connectivity index is 1.93. The number of morpholine rings is 1. The molecule has 0 radical (unpaired) electrons. The van der Waals surface area contributed by atoms with E-state index in [0.717, 1.165) is 19.3 Å². The maximum absolute atomic E-state index is 13.0. The molecule has 1 saturated heterocycles. The number of sulfonamides is 1. The summed E-state index contributed by atoms with van der Waals surface area (Å²) >= 11 is 0. The van der Waals surface area contributed by atoms with Gasteiger partial charge in [0.15, 0.2) is 5.03 Å². The standard InChI is InChI=1S/C14H23N3O4S/c1-2-16-14(6-7-15-16)22(19,20)17-8-9-21-10-12(17)11-4-3-5-13(11)18/h6-7,11-13,18H,2-5,8-10H2,1H3/t11-,12+,13-/m0/s1. The molecule has 124 valence electrons. The van der Waals surface area contributed by atoms with Gasteiger partial charge in [-0.05, 0) is 25.8 Å². The molecule has 7 nitrogen and oxygen atoms in total. The van der Waals surface area contributed by atoms with Crippen LogP contribution in [0.2, 0.25) is 0 Å². The lowest BCUT2D eigenvalue weighted by atomic mass is 9.96. The highest BCUT2D eigenvalue weighted by atomic mass is 32.2. The topological polar surface area (TPSA) is 84.7 Å². The van der Waals surface area contributed by atoms with Crippen LogP contribution in [0.1, 0.15) is 26.2 Å². The van der Waals surface area contributed by atoms with Crippen molar-refractivity contribution < 1.29 is 18.3 Å². The van der Waals surface area contributed by atoms with Crippen LogP contribution in [0, 0.1) is 5.92 Å². The summed E-state index contributed by atoms with van der Waals surface area (Å²) < 4.78 is 34.6. The Kier molecular flexibility index (Phi) is 4.54. The fourth-order valence-corrected chi connectivity index (χ4v) is 5.36. The van der Waals surface area contributed by atoms with Crippen molar-refractivity contribution in [1.82, 2.24) is 14.1 Å². The second kappa shape index (κ2) is 6.27. The summed E-state index contributed by atoms with van der Waals surface area (Å²) in [6.45, 7) is 3.43. The molecule has 1 aliphatic heterocycles. The van der Waals surface area contributed by atoms with Gasteiger partial charge in [0.05, 0.1) is 31.6 Å². The van der Waals surface area contributed by atoms with Crippen molar-refractivity contribution in [2.75, 3.05) is 19.8 Å². The van der Waals surface area contributed by atoms with Gasteiger partial charge in [-0.2, -0.15) is 9.40 Å². The lowest BCUT2D eigenvalue weighted by Gasteiger charge is -2.38. The molecule has 2 heterocycles. The molecule has 2 fully saturated rings. The Bertz CT molecular complexity index is 615. The minimum Gasteiger partial charge on any atom is -0.393 e. The van der Waals surface area contributed by atoms with Crippen molar-refractivity contribution in [1.29, 1.82) is 0 Å². The van der Waals surface area contributed by atoms with Crippen molar-refractivity contribution >= 4 is 10.0 Å². The van der Waals surface area contributed by atoms with E-state index >= 15 is 0 Å². The predicted octanol–water partition coefficient (Wildman–Crippen LogP) is 0.453. The Morgan fingerprint density at radius 2 is 2.27 bits per heavy atom. The number of aliphatic hydroxyl groups is 1. The summed E-state index contributed by atoms with van der Waals surface area (Å²) in [5.74, 6) is -0.0481. The third kappa shape index (κ3) is 2.68. The van der Waals surface area contributed by atoms with Crippen molar-refractivity contribution in [2.24, 2.45) is 5.92 Å². The molecule has 3 atom stereocenters. The largest absolute Gasteiger partial charge is 0.393 e. The zero-order chi connectivity index (χ0) is 15.7. The highest BCUT2D eigenvalue weighted by Crippen LogP contribution is 2.34. The summed E-state index contributed by atoms with van der Waals surface area (Å²) in [6, 6.07) is 1.24. The third-order valence-electron chi connectivity index (χ3n) is 4.69. The van der Waals surface area contributed by atoms with Crippen LogP contribution in [0.3, 0.4) is 0 Å². The number of rotatable bonds is 4. The molecule has 1 aromatic heterocycles. The fraction of sp³-hybridized carbons (Fsp3) is 0.786. The van der Waals surface area contributed by atoms with E-state index in [2.05, 4.69) is 5.10 Å². The Labute approximate surface area is 130 Å². The SMILES string of the molecule is CCn1nccc1S(=O)(=O)N1CCOC[C@@H]1[C@@H]1CCC[C@@H]1O. The minimum absolute atomic E-state index is 0.0481. The lowest BCUT2D eigenvalue weighted by molar-refractivity contribution is -0.0149. The first kappa shape index (κ1) is 15.9. The van der Waals surface area contributed by atoms with E-state index in [1.165, 1.54) is 21.3 Å². The van der Waals surface area contributed by atoms with Crippen LogP contribution >= 0.6 is 0 Å². The molecule has 1 N–H and O–H groups in total. The summed E-state index contributed by atoms with van der Waals surface area (Å²) in [5, 5.41) is 14.4. The van der Waals surface area contributed by atoms with Crippen molar-refractivity contribution in [3.63, 3.8) is 0 Å². The van der Waals surface area contributed by atoms with Gasteiger partial charge in [0.25, 0.3) is 10.0 Å². The highest BCUT2D eigenvalue weighted by Gasteiger charge is 2.43. The monoisotopic (exact) mass is 329 g/mol. The van der Waals surface area contributed by atoms with E-state index in [1.807, 2.05) is 6.92 Å². The summed E-state index contributed by atoms with van der Waals surface area (Å²) in [5.41, 5.74) is 0. The third-order valence-corrected chi connectivity index (χ3v) is 6.64. The molecule has 8 heteroatoms. The van der Waals surface area contributed by atoms with E-state index in [-0.39, 0.29) is 17.0 Å². The average molecular weight is 329 g/mol. The maximum atomic E-state index is 13.0. The van der Waals surface area contributed by atoms with Crippen LogP contribution in [0.4, 0.5) is 0 Å². The summed E-state index contributed by atoms with van der Waals surface area (Å²) in [4.78, 5) is 0. The first-order chi connectivity index (χ1) is 10.6. The number of hydrogen-bond acceptors (Lipinski definition) is 5. The van der Waals surface area contributed by atoms with Gasteiger partial charge in [-0.1, -0.05) is 6.42 Å². The van der Waals surface area contributed by atoms with Gasteiger partial charge in [0, 0.05) is 19.0 Å². The molecule has 0 unspecified atom stereocenters. The first-order valence-corrected chi connectivity index (χ1v) is 9.29. The van der Waals surface area contributed by atoms with Gasteiger partial charge in [-0.15, -0.1) is 0 Å². The second-order valence-electron chi connectivity index (χ2n) is 5.91. The van der Waals surface area contributed by atoms with Gasteiger partial charge < -0.3 is 9.84 Å². The van der Waals surface area contributed by atoms with Crippen LogP contribution in [-0.2, 0) is 21.3 Å². The summed E-state index contributed by atoms with van der Waals surface area (Å²) in [6.07, 6.45) is 3.58. The van der Waals surface area contributed by atoms with E-state index in [9.17, 15) is 13.5 Å². The molecule has 0 amide bonds. The number of aryl methyl sites for hydroxylation is 1. The number of hydrogen-bond donors (Lipinski definition) is 1. The predicted molar refractivity (Wildman–Crippen MR) is 79.7 cm³/mol. The maximum Gasteiger partial charge on any atom is 0.260 e. The molecule has 3 rings (SSSR count). The van der Waals surface area contributed by atoms with E-state index in [1.54, 1.807) is 0 Å². The van der Waals surface area contributed by atoms with Gasteiger partial charge in [-0.3, -0.25) is 4.68 Å². The van der Waals surface area contributed by atoms with Crippen LogP contribution in [-0.4, -0.2) is 59.5 Å². The Morgan fingerprint density at radius 1 is 1.45 bits per heavy atom. The summed E-state index contributed by atoms with van der Waals surface area (Å²) in [7, 11) is -3.63. The smallest absolute Gasteiger partial charge is 0.260 e. The zero-order valence-electron chi connectivity index (χ0n) is 12.8. The first-order valence-electron chi connectivity index (χ1n) is 7.85. The van der Waals surface area contributed by atoms with Gasteiger partial charge in [0.2, 0.25) is 0 Å². The molecule has 1 aliphatic carbocycles. The van der Waals surface area contributed by atoms with Crippen LogP contribution < -0.4 is 0 Å². The number of aromatic nitrogens is 2. The average Bonchev–Trinajstić information content (AvgIpc) is 3.15. The molecule has 2 aliphatic rings. The van der Waals surface area contributed by atoms with Crippen molar-refractivity contribution in [2.45, 2.75) is 49.9 Å². The number of ether oxygens (including phenoxy) is 1. The lowest BCUT2D eigenvalue weighted by Crippen LogP contribution is -2.53. The molecule has 0 aromatic carbocycles. The molecule has 1 saturated carbocycles. The molecule has 22 heavy (non-hydrogen) atoms. The van der Waals surface area contributed by atoms with Gasteiger partial charge >= 0.3 is 0 Å². The quantitative estimate of drug-likeness (QED) is 0.867. The van der Waals surface area contributed by atoms with E-state index in [0.29, 0.717) is 26.3 Å². The number of nitrogens with zero attached hydrogens (tertiary/aromatic N) is 3. The number of aliphatic hydroxyl groups excluding tert-OH is 1. The molecule has 0 bridgehead atoms. The zero-order valence-corrected chi connectivity index (χ0v) is 13.6. The van der Waals surface area contributed by atoms with Gasteiger partial charge in [0.1, 0.15) is 0 Å². The normalized spacial score (nSPS) is 30.7. The minimum atomic E-state index is -3.63. The van der Waals surface area contributed by atoms with E-state index in [4.69, 9.17) is 4.74 Å². The Morgan fingerprint density at radius 3 is 2.95 bits per heavy atom. The van der Waals surface area contributed by atoms with Crippen molar-refractivity contribution in [3.8, 4) is 0 Å². The Hall–Kier alpha value is -0.960. The molecule has 1 aromatic rings. The van der Waals surface area contributed by atoms with Gasteiger partial charge in [-0.25, -0.2) is 8.42 Å². The fourth-order valence-electron chi connectivity index (χ4n) is 3.56. The highest BCUT2D eigenvalue weighted by molar-refractivity contribution is 7.89. The molecular formula is C14H23N3O4S. The van der Waals surface area contributed by atoms with Crippen molar-refractivity contribution in [3.05, 3.63) is 12.3 Å². The van der Waals surface area contributed by atoms with Crippen LogP contribution in [0.5, 0.6) is 0 Å². The van der Waals surface area contributed by atoms with Crippen LogP contribution in [0.25, 0.3) is 0 Å².